The summed E-state index contributed by atoms with van der Waals surface area (Å²) < 4.78 is 0. The summed E-state index contributed by atoms with van der Waals surface area (Å²) in [5.74, 6) is 0. The van der Waals surface area contributed by atoms with E-state index >= 15 is 0 Å². The fraction of sp³-hybridized carbons (Fsp3) is 0.455. The lowest BCUT2D eigenvalue weighted by Crippen LogP contribution is -2.16. The van der Waals surface area contributed by atoms with Crippen LogP contribution in [0.4, 0.5) is 0 Å². The molecule has 0 bridgehead atoms. The number of hydrogen-bond acceptors (Lipinski definition) is 2. The predicted molar refractivity (Wildman–Crippen MR) is 62.1 cm³/mol. The fourth-order valence-electron chi connectivity index (χ4n) is 1.62. The Labute approximate surface area is 91.8 Å². The molecule has 1 aromatic carbocycles. The van der Waals surface area contributed by atoms with Crippen molar-refractivity contribution in [1.82, 2.24) is 5.32 Å². The van der Waals surface area contributed by atoms with Gasteiger partial charge in [-0.15, -0.1) is 12.4 Å². The van der Waals surface area contributed by atoms with Crippen molar-refractivity contribution in [3.05, 3.63) is 35.4 Å². The van der Waals surface area contributed by atoms with Crippen LogP contribution in [-0.2, 0) is 12.8 Å². The van der Waals surface area contributed by atoms with Crippen molar-refractivity contribution in [2.75, 3.05) is 20.2 Å². The Kier molecular flexibility index (Phi) is 7.48. The van der Waals surface area contributed by atoms with E-state index in [-0.39, 0.29) is 12.4 Å². The van der Waals surface area contributed by atoms with Crippen molar-refractivity contribution in [3.63, 3.8) is 0 Å². The largest absolute Gasteiger partial charge is 0.400 e. The maximum Gasteiger partial charge on any atom is 0.0319 e. The molecule has 1 aliphatic heterocycles. The molecule has 0 fully saturated rings. The molecule has 0 saturated carbocycles. The van der Waals surface area contributed by atoms with Gasteiger partial charge in [-0.05, 0) is 37.1 Å². The quantitative estimate of drug-likeness (QED) is 0.686. The Morgan fingerprint density at radius 2 is 1.43 bits per heavy atom. The summed E-state index contributed by atoms with van der Waals surface area (Å²) in [6.07, 6.45) is 2.38. The monoisotopic (exact) mass is 215 g/mol. The summed E-state index contributed by atoms with van der Waals surface area (Å²) in [6, 6.07) is 8.74. The molecule has 1 aliphatic rings. The topological polar surface area (TPSA) is 32.3 Å². The number of aliphatic hydroxyl groups excluding tert-OH is 1. The lowest BCUT2D eigenvalue weighted by atomic mass is 10.0. The van der Waals surface area contributed by atoms with Crippen LogP contribution in [0.25, 0.3) is 0 Å². The Hall–Kier alpha value is -0.570. The minimum absolute atomic E-state index is 0. The minimum atomic E-state index is 0. The van der Waals surface area contributed by atoms with Gasteiger partial charge < -0.3 is 10.4 Å². The maximum atomic E-state index is 7.00. The van der Waals surface area contributed by atoms with E-state index in [1.807, 2.05) is 0 Å². The highest BCUT2D eigenvalue weighted by Gasteiger charge is 2.04. The van der Waals surface area contributed by atoms with Gasteiger partial charge in [0.05, 0.1) is 0 Å². The van der Waals surface area contributed by atoms with Crippen molar-refractivity contribution >= 4 is 12.4 Å². The van der Waals surface area contributed by atoms with E-state index < -0.39 is 0 Å². The summed E-state index contributed by atoms with van der Waals surface area (Å²) in [6.45, 7) is 2.27. The van der Waals surface area contributed by atoms with Crippen molar-refractivity contribution < 1.29 is 5.11 Å². The Bertz CT molecular complexity index is 228. The zero-order chi connectivity index (χ0) is 9.52. The van der Waals surface area contributed by atoms with Crippen LogP contribution in [0.1, 0.15) is 11.1 Å². The van der Waals surface area contributed by atoms with Gasteiger partial charge in [0.25, 0.3) is 0 Å². The minimum Gasteiger partial charge on any atom is -0.400 e. The van der Waals surface area contributed by atoms with Gasteiger partial charge in [-0.2, -0.15) is 0 Å². The zero-order valence-corrected chi connectivity index (χ0v) is 9.31. The second kappa shape index (κ2) is 7.80. The van der Waals surface area contributed by atoms with Gasteiger partial charge >= 0.3 is 0 Å². The third kappa shape index (κ3) is 3.66. The average Bonchev–Trinajstić information content (AvgIpc) is 2.45. The molecule has 0 spiro atoms. The van der Waals surface area contributed by atoms with Crippen LogP contribution in [0.5, 0.6) is 0 Å². The SMILES string of the molecule is CO.Cl.c1ccc2c(c1)CCNCC2. The molecular formula is C11H18ClNO. The van der Waals surface area contributed by atoms with Crippen LogP contribution >= 0.6 is 12.4 Å². The van der Waals surface area contributed by atoms with E-state index in [0.717, 1.165) is 20.2 Å². The molecule has 80 valence electrons. The van der Waals surface area contributed by atoms with Crippen LogP contribution in [0.2, 0.25) is 0 Å². The first-order chi connectivity index (χ1) is 6.47. The lowest BCUT2D eigenvalue weighted by Gasteiger charge is -2.01. The lowest BCUT2D eigenvalue weighted by molar-refractivity contribution is 0.399. The van der Waals surface area contributed by atoms with Gasteiger partial charge in [-0.3, -0.25) is 0 Å². The first-order valence-electron chi connectivity index (χ1n) is 4.69. The molecule has 14 heavy (non-hydrogen) atoms. The van der Waals surface area contributed by atoms with E-state index in [2.05, 4.69) is 29.6 Å². The summed E-state index contributed by atoms with van der Waals surface area (Å²) in [5, 5.41) is 10.4. The molecule has 2 N–H and O–H groups in total. The highest BCUT2D eigenvalue weighted by Crippen LogP contribution is 2.11. The first kappa shape index (κ1) is 13.4. The average molecular weight is 216 g/mol. The molecule has 2 nitrogen and oxygen atoms in total. The molecule has 0 radical (unpaired) electrons. The number of hydrogen-bond donors (Lipinski definition) is 2. The fourth-order valence-corrected chi connectivity index (χ4v) is 1.62. The van der Waals surface area contributed by atoms with Crippen LogP contribution in [0.3, 0.4) is 0 Å². The first-order valence-corrected chi connectivity index (χ1v) is 4.69. The van der Waals surface area contributed by atoms with E-state index in [4.69, 9.17) is 5.11 Å². The summed E-state index contributed by atoms with van der Waals surface area (Å²) in [4.78, 5) is 0. The number of rotatable bonds is 0. The highest BCUT2D eigenvalue weighted by atomic mass is 35.5. The third-order valence-corrected chi connectivity index (χ3v) is 2.26. The standard InChI is InChI=1S/C10H13N.CH4O.ClH/c1-2-4-10-6-8-11-7-5-9(10)3-1;1-2;/h1-4,11H,5-8H2;2H,1H3;1H. The molecule has 0 saturated heterocycles. The van der Waals surface area contributed by atoms with E-state index in [1.54, 1.807) is 0 Å². The van der Waals surface area contributed by atoms with E-state index in [9.17, 15) is 0 Å². The Morgan fingerprint density at radius 1 is 1.00 bits per heavy atom. The smallest absolute Gasteiger partial charge is 0.0319 e. The molecule has 0 amide bonds. The predicted octanol–water partition coefficient (Wildman–Crippen LogP) is 1.41. The van der Waals surface area contributed by atoms with Gasteiger partial charge in [0, 0.05) is 7.11 Å². The molecule has 3 heteroatoms. The van der Waals surface area contributed by atoms with Crippen molar-refractivity contribution in [2.24, 2.45) is 0 Å². The van der Waals surface area contributed by atoms with Gasteiger partial charge in [0.2, 0.25) is 0 Å². The Balaban J connectivity index is 0.000000531. The molecule has 2 rings (SSSR count). The Morgan fingerprint density at radius 3 is 1.86 bits per heavy atom. The molecular weight excluding hydrogens is 198 g/mol. The van der Waals surface area contributed by atoms with Gasteiger partial charge in [0.15, 0.2) is 0 Å². The van der Waals surface area contributed by atoms with E-state index in [0.29, 0.717) is 0 Å². The molecule has 1 heterocycles. The number of halogens is 1. The van der Waals surface area contributed by atoms with Gasteiger partial charge in [-0.1, -0.05) is 24.3 Å². The summed E-state index contributed by atoms with van der Waals surface area (Å²) >= 11 is 0. The maximum absolute atomic E-state index is 7.00. The molecule has 1 aromatic rings. The highest BCUT2D eigenvalue weighted by molar-refractivity contribution is 5.85. The van der Waals surface area contributed by atoms with Crippen LogP contribution in [0.15, 0.2) is 24.3 Å². The van der Waals surface area contributed by atoms with Crippen LogP contribution < -0.4 is 5.32 Å². The number of nitrogens with one attached hydrogen (secondary N) is 1. The van der Waals surface area contributed by atoms with Crippen LogP contribution in [0, 0.1) is 0 Å². The number of benzene rings is 1. The van der Waals surface area contributed by atoms with Crippen molar-refractivity contribution in [3.8, 4) is 0 Å². The molecule has 0 aliphatic carbocycles. The van der Waals surface area contributed by atoms with Gasteiger partial charge in [0.1, 0.15) is 0 Å². The molecule has 0 atom stereocenters. The summed E-state index contributed by atoms with van der Waals surface area (Å²) in [7, 11) is 1.00. The zero-order valence-electron chi connectivity index (χ0n) is 8.49. The van der Waals surface area contributed by atoms with Crippen molar-refractivity contribution in [1.29, 1.82) is 0 Å². The second-order valence-electron chi connectivity index (χ2n) is 3.02. The van der Waals surface area contributed by atoms with Crippen molar-refractivity contribution in [2.45, 2.75) is 12.8 Å². The van der Waals surface area contributed by atoms with Gasteiger partial charge in [-0.25, -0.2) is 0 Å². The summed E-state index contributed by atoms with van der Waals surface area (Å²) in [5.41, 5.74) is 3.05. The second-order valence-corrected chi connectivity index (χ2v) is 3.02. The number of aliphatic hydroxyl groups is 1. The number of fused-ring (bicyclic) bond motifs is 1. The third-order valence-electron chi connectivity index (χ3n) is 2.26. The van der Waals surface area contributed by atoms with Crippen LogP contribution in [-0.4, -0.2) is 25.3 Å². The normalized spacial score (nSPS) is 13.9. The van der Waals surface area contributed by atoms with E-state index in [1.165, 1.54) is 24.0 Å². The molecule has 0 aromatic heterocycles. The molecule has 0 unspecified atom stereocenters.